The van der Waals surface area contributed by atoms with Crippen LogP contribution in [0.4, 0.5) is 0 Å². The highest BCUT2D eigenvalue weighted by Crippen LogP contribution is 2.18. The summed E-state index contributed by atoms with van der Waals surface area (Å²) in [4.78, 5) is 38.3. The zero-order valence-corrected chi connectivity index (χ0v) is 51.5. The topological polar surface area (TPSA) is 78.9 Å². The van der Waals surface area contributed by atoms with Gasteiger partial charge in [0.15, 0.2) is 6.10 Å². The van der Waals surface area contributed by atoms with Crippen molar-refractivity contribution >= 4 is 17.9 Å². The Balaban J connectivity index is 4.34. The summed E-state index contributed by atoms with van der Waals surface area (Å²) in [6, 6.07) is 0. The molecular weight excluding hydrogens is 949 g/mol. The molecule has 0 radical (unpaired) electrons. The van der Waals surface area contributed by atoms with E-state index in [2.05, 4.69) is 69.4 Å². The van der Waals surface area contributed by atoms with Crippen molar-refractivity contribution in [2.75, 3.05) is 13.2 Å². The lowest BCUT2D eigenvalue weighted by molar-refractivity contribution is -0.166. The Hall–Kier alpha value is -2.89. The maximum absolute atomic E-state index is 12.9. The number of allylic oxidation sites excluding steroid dienone is 9. The molecule has 0 N–H and O–H groups in total. The molecule has 1 unspecified atom stereocenters. The molecule has 0 spiro atoms. The summed E-state index contributed by atoms with van der Waals surface area (Å²) in [5.74, 6) is -1.01. The number of carbonyl (C=O) groups excluding carboxylic acids is 3. The van der Waals surface area contributed by atoms with E-state index in [1.54, 1.807) is 0 Å². The SMILES string of the molecule is CC/C=C\C/C=C\C/C=C\C/C=C\C/C=C\CC(=O)OCC(COC(=O)CCCCCCCCCCCCCCCCCCCCCCCC)OC(=O)CCCCCCCCCCCCCCCCCCCCCCCC. The van der Waals surface area contributed by atoms with E-state index in [0.717, 1.165) is 70.6 Å². The van der Waals surface area contributed by atoms with E-state index in [-0.39, 0.29) is 31.6 Å². The van der Waals surface area contributed by atoms with Gasteiger partial charge >= 0.3 is 17.9 Å². The molecule has 0 aliphatic rings. The van der Waals surface area contributed by atoms with Crippen molar-refractivity contribution in [1.29, 1.82) is 0 Å². The fourth-order valence-electron chi connectivity index (χ4n) is 10.1. The summed E-state index contributed by atoms with van der Waals surface area (Å²) in [6.45, 7) is 6.51. The Bertz CT molecular complexity index is 1380. The number of rotatable bonds is 62. The van der Waals surface area contributed by atoms with Gasteiger partial charge in [-0.1, -0.05) is 351 Å². The van der Waals surface area contributed by atoms with E-state index in [1.165, 1.54) is 244 Å². The van der Waals surface area contributed by atoms with Gasteiger partial charge in [-0.05, 0) is 44.9 Å². The summed E-state index contributed by atoms with van der Waals surface area (Å²) >= 11 is 0. The van der Waals surface area contributed by atoms with Gasteiger partial charge in [-0.15, -0.1) is 0 Å². The molecule has 0 heterocycles. The summed E-state index contributed by atoms with van der Waals surface area (Å²) < 4.78 is 16.9. The van der Waals surface area contributed by atoms with Crippen LogP contribution in [0.5, 0.6) is 0 Å². The highest BCUT2D eigenvalue weighted by atomic mass is 16.6. The first-order valence-electron chi connectivity index (χ1n) is 33.8. The van der Waals surface area contributed by atoms with Crippen LogP contribution in [-0.4, -0.2) is 37.2 Å². The molecule has 0 aromatic carbocycles. The van der Waals surface area contributed by atoms with Crippen LogP contribution >= 0.6 is 0 Å². The number of hydrogen-bond donors (Lipinski definition) is 0. The van der Waals surface area contributed by atoms with Crippen LogP contribution in [0.3, 0.4) is 0 Å². The first-order valence-corrected chi connectivity index (χ1v) is 33.8. The molecule has 0 saturated carbocycles. The second-order valence-corrected chi connectivity index (χ2v) is 22.7. The minimum Gasteiger partial charge on any atom is -0.462 e. The summed E-state index contributed by atoms with van der Waals surface area (Å²) in [5, 5.41) is 0. The van der Waals surface area contributed by atoms with Gasteiger partial charge in [-0.3, -0.25) is 14.4 Å². The predicted octanol–water partition coefficient (Wildman–Crippen LogP) is 23.1. The quantitative estimate of drug-likeness (QED) is 0.0261. The third-order valence-electron chi connectivity index (χ3n) is 15.1. The number of hydrogen-bond acceptors (Lipinski definition) is 6. The first-order chi connectivity index (χ1) is 38.0. The highest BCUT2D eigenvalue weighted by molar-refractivity contribution is 5.72. The van der Waals surface area contributed by atoms with Crippen LogP contribution in [0.1, 0.15) is 355 Å². The van der Waals surface area contributed by atoms with Crippen LogP contribution in [0.25, 0.3) is 0 Å². The Labute approximate surface area is 479 Å². The van der Waals surface area contributed by atoms with E-state index >= 15 is 0 Å². The Morgan fingerprint density at radius 3 is 0.792 bits per heavy atom. The molecule has 448 valence electrons. The van der Waals surface area contributed by atoms with Crippen LogP contribution in [0.2, 0.25) is 0 Å². The molecule has 0 aliphatic heterocycles. The van der Waals surface area contributed by atoms with Gasteiger partial charge < -0.3 is 14.2 Å². The fourth-order valence-corrected chi connectivity index (χ4v) is 10.1. The zero-order chi connectivity index (χ0) is 55.7. The van der Waals surface area contributed by atoms with Crippen molar-refractivity contribution in [2.24, 2.45) is 0 Å². The Morgan fingerprint density at radius 1 is 0.273 bits per heavy atom. The lowest BCUT2D eigenvalue weighted by atomic mass is 10.0. The van der Waals surface area contributed by atoms with Crippen molar-refractivity contribution in [3.8, 4) is 0 Å². The van der Waals surface area contributed by atoms with Gasteiger partial charge in [-0.2, -0.15) is 0 Å². The van der Waals surface area contributed by atoms with Crippen LogP contribution in [-0.2, 0) is 28.6 Å². The molecule has 6 nitrogen and oxygen atoms in total. The fraction of sp³-hybridized carbons (Fsp3) is 0.817. The van der Waals surface area contributed by atoms with Gasteiger partial charge in [0.05, 0.1) is 6.42 Å². The predicted molar refractivity (Wildman–Crippen MR) is 335 cm³/mol. The molecule has 77 heavy (non-hydrogen) atoms. The molecule has 1 atom stereocenters. The normalized spacial score (nSPS) is 12.4. The summed E-state index contributed by atoms with van der Waals surface area (Å²) in [7, 11) is 0. The molecule has 0 amide bonds. The molecular formula is C71H128O6. The van der Waals surface area contributed by atoms with Crippen molar-refractivity contribution in [1.82, 2.24) is 0 Å². The van der Waals surface area contributed by atoms with Crippen molar-refractivity contribution < 1.29 is 28.6 Å². The van der Waals surface area contributed by atoms with Crippen LogP contribution in [0.15, 0.2) is 60.8 Å². The van der Waals surface area contributed by atoms with Gasteiger partial charge in [0, 0.05) is 12.8 Å². The second-order valence-electron chi connectivity index (χ2n) is 22.7. The summed E-state index contributed by atoms with van der Waals surface area (Å²) in [5.41, 5.74) is 0. The highest BCUT2D eigenvalue weighted by Gasteiger charge is 2.19. The molecule has 0 aliphatic carbocycles. The largest absolute Gasteiger partial charge is 0.462 e. The van der Waals surface area contributed by atoms with E-state index in [0.29, 0.717) is 12.8 Å². The minimum atomic E-state index is -0.812. The average Bonchev–Trinajstić information content (AvgIpc) is 3.43. The molecule has 0 aromatic rings. The van der Waals surface area contributed by atoms with Crippen molar-refractivity contribution in [2.45, 2.75) is 361 Å². The Kier molecular flexibility index (Phi) is 63.2. The number of ether oxygens (including phenoxy) is 3. The first kappa shape index (κ1) is 74.1. The molecule has 0 bridgehead atoms. The lowest BCUT2D eigenvalue weighted by Crippen LogP contribution is -2.30. The molecule has 0 aromatic heterocycles. The molecule has 0 fully saturated rings. The number of unbranched alkanes of at least 4 members (excludes halogenated alkanes) is 42. The molecule has 6 heteroatoms. The third kappa shape index (κ3) is 63.8. The van der Waals surface area contributed by atoms with Gasteiger partial charge in [0.1, 0.15) is 13.2 Å². The average molecular weight is 1080 g/mol. The second kappa shape index (κ2) is 65.6. The third-order valence-corrected chi connectivity index (χ3v) is 15.1. The number of carbonyl (C=O) groups is 3. The Morgan fingerprint density at radius 2 is 0.506 bits per heavy atom. The zero-order valence-electron chi connectivity index (χ0n) is 51.5. The van der Waals surface area contributed by atoms with Crippen molar-refractivity contribution in [3.05, 3.63) is 60.8 Å². The van der Waals surface area contributed by atoms with E-state index in [9.17, 15) is 14.4 Å². The minimum absolute atomic E-state index is 0.0990. The maximum atomic E-state index is 12.9. The monoisotopic (exact) mass is 1080 g/mol. The number of esters is 3. The van der Waals surface area contributed by atoms with E-state index in [4.69, 9.17) is 14.2 Å². The maximum Gasteiger partial charge on any atom is 0.309 e. The van der Waals surface area contributed by atoms with Crippen LogP contribution < -0.4 is 0 Å². The van der Waals surface area contributed by atoms with Crippen molar-refractivity contribution in [3.63, 3.8) is 0 Å². The van der Waals surface area contributed by atoms with E-state index < -0.39 is 12.1 Å². The standard InChI is InChI=1S/C71H128O6/c1-4-7-10-13-16-19-22-25-28-30-32-34-36-38-40-43-46-49-52-55-58-61-64-70(73)76-67-68(66-75-69(72)63-60-57-54-51-48-45-42-27-24-21-18-15-12-9-6-3)77-71(74)65-62-59-56-53-50-47-44-41-39-37-35-33-31-29-26-23-20-17-14-11-8-5-2/h9,12,18,21,27,42,48,51,57,60,68H,4-8,10-11,13-17,19-20,22-26,28-41,43-47,49-50,52-56,58-59,61-67H2,1-3H3/b12-9-,21-18-,42-27-,51-48-,60-57-. The molecule has 0 rings (SSSR count). The van der Waals surface area contributed by atoms with Gasteiger partial charge in [-0.25, -0.2) is 0 Å². The van der Waals surface area contributed by atoms with Crippen LogP contribution in [0, 0.1) is 0 Å². The van der Waals surface area contributed by atoms with Gasteiger partial charge in [0.25, 0.3) is 0 Å². The summed E-state index contributed by atoms with van der Waals surface area (Å²) in [6.07, 6.45) is 84.2. The lowest BCUT2D eigenvalue weighted by Gasteiger charge is -2.18. The molecule has 0 saturated heterocycles. The van der Waals surface area contributed by atoms with E-state index in [1.807, 2.05) is 12.2 Å². The van der Waals surface area contributed by atoms with Gasteiger partial charge in [0.2, 0.25) is 0 Å². The smallest absolute Gasteiger partial charge is 0.309 e.